The second-order valence-electron chi connectivity index (χ2n) is 2.59. The highest BCUT2D eigenvalue weighted by Crippen LogP contribution is 2.17. The van der Waals surface area contributed by atoms with Crippen LogP contribution in [0.15, 0.2) is 27.7 Å². The molecule has 0 amide bonds. The maximum Gasteiger partial charge on any atom is 0.143 e. The molecule has 0 atom stereocenters. The smallest absolute Gasteiger partial charge is 0.143 e. The summed E-state index contributed by atoms with van der Waals surface area (Å²) in [6, 6.07) is 4.36. The molecule has 0 aromatic heterocycles. The molecule has 1 aromatic carbocycles. The molecule has 0 saturated heterocycles. The first-order valence-electron chi connectivity index (χ1n) is 4.15. The zero-order chi connectivity index (χ0) is 10.6. The molecule has 0 bridgehead atoms. The summed E-state index contributed by atoms with van der Waals surface area (Å²) in [7, 11) is 0. The van der Waals surface area contributed by atoms with Crippen LogP contribution < -0.4 is 11.3 Å². The van der Waals surface area contributed by atoms with Crippen molar-refractivity contribution in [1.82, 2.24) is 5.43 Å². The Hall–Kier alpha value is -0.940. The molecule has 0 unspecified atom stereocenters. The maximum atomic E-state index is 12.8. The Kier molecular flexibility index (Phi) is 4.03. The van der Waals surface area contributed by atoms with E-state index < -0.39 is 0 Å². The number of nitrogens with one attached hydrogen (secondary N) is 1. The number of nitrogens with two attached hydrogens (primary N) is 1. The summed E-state index contributed by atoms with van der Waals surface area (Å²) < 4.78 is 13.4. The highest BCUT2D eigenvalue weighted by Gasteiger charge is 2.06. The summed E-state index contributed by atoms with van der Waals surface area (Å²) >= 11 is 3.24. The van der Waals surface area contributed by atoms with E-state index in [1.54, 1.807) is 6.07 Å². The summed E-state index contributed by atoms with van der Waals surface area (Å²) in [6.07, 6.45) is 0. The molecule has 5 heteroatoms. The number of amidine groups is 1. The molecule has 1 aromatic rings. The molecule has 0 aliphatic rings. The van der Waals surface area contributed by atoms with E-state index in [2.05, 4.69) is 26.3 Å². The summed E-state index contributed by atoms with van der Waals surface area (Å²) in [5.74, 6) is 5.55. The Balaban J connectivity index is 3.11. The fourth-order valence-corrected chi connectivity index (χ4v) is 1.59. The Labute approximate surface area is 90.3 Å². The average Bonchev–Trinajstić information content (AvgIpc) is 2.15. The summed E-state index contributed by atoms with van der Waals surface area (Å²) in [4.78, 5) is 4.13. The molecular weight excluding hydrogens is 249 g/mol. The van der Waals surface area contributed by atoms with Crippen LogP contribution in [0.2, 0.25) is 0 Å². The normalized spacial score (nSPS) is 11.6. The van der Waals surface area contributed by atoms with Crippen molar-refractivity contribution in [1.29, 1.82) is 0 Å². The molecule has 3 N–H and O–H groups in total. The van der Waals surface area contributed by atoms with Gasteiger partial charge in [-0.1, -0.05) is 0 Å². The fraction of sp³-hybridized carbons (Fsp3) is 0.222. The first-order chi connectivity index (χ1) is 6.69. The van der Waals surface area contributed by atoms with Crippen molar-refractivity contribution >= 4 is 21.8 Å². The lowest BCUT2D eigenvalue weighted by atomic mass is 10.2. The van der Waals surface area contributed by atoms with Gasteiger partial charge >= 0.3 is 0 Å². The van der Waals surface area contributed by atoms with Gasteiger partial charge in [0, 0.05) is 16.6 Å². The number of hydrogen-bond donors (Lipinski definition) is 2. The third-order valence-electron chi connectivity index (χ3n) is 1.64. The van der Waals surface area contributed by atoms with Crippen LogP contribution in [0.25, 0.3) is 0 Å². The zero-order valence-corrected chi connectivity index (χ0v) is 9.31. The van der Waals surface area contributed by atoms with Gasteiger partial charge in [0.15, 0.2) is 0 Å². The minimum Gasteiger partial charge on any atom is -0.308 e. The quantitative estimate of drug-likeness (QED) is 0.369. The van der Waals surface area contributed by atoms with Crippen molar-refractivity contribution in [2.24, 2.45) is 10.8 Å². The van der Waals surface area contributed by atoms with Gasteiger partial charge in [0.2, 0.25) is 0 Å². The van der Waals surface area contributed by atoms with Gasteiger partial charge in [-0.3, -0.25) is 4.99 Å². The van der Waals surface area contributed by atoms with E-state index in [0.29, 0.717) is 16.9 Å². The van der Waals surface area contributed by atoms with E-state index in [0.717, 1.165) is 5.56 Å². The van der Waals surface area contributed by atoms with E-state index in [1.807, 2.05) is 6.92 Å². The van der Waals surface area contributed by atoms with Crippen molar-refractivity contribution < 1.29 is 4.39 Å². The Morgan fingerprint density at radius 3 is 2.86 bits per heavy atom. The number of halogens is 2. The summed E-state index contributed by atoms with van der Waals surface area (Å²) in [5, 5.41) is 0. The van der Waals surface area contributed by atoms with Crippen molar-refractivity contribution in [2.75, 3.05) is 6.54 Å². The number of hydrogen-bond acceptors (Lipinski definition) is 2. The first-order valence-corrected chi connectivity index (χ1v) is 4.94. The third-order valence-corrected chi connectivity index (χ3v) is 2.30. The van der Waals surface area contributed by atoms with Crippen molar-refractivity contribution in [3.8, 4) is 0 Å². The minimum absolute atomic E-state index is 0.298. The highest BCUT2D eigenvalue weighted by molar-refractivity contribution is 9.10. The standard InChI is InChI=1S/C9H11BrFN3/c1-2-13-9(14-12)7-4-3-6(11)5-8(7)10/h3-5H,2,12H2,1H3,(H,13,14). The lowest BCUT2D eigenvalue weighted by molar-refractivity contribution is 0.627. The van der Waals surface area contributed by atoms with E-state index in [4.69, 9.17) is 5.84 Å². The molecule has 0 saturated carbocycles. The van der Waals surface area contributed by atoms with E-state index in [9.17, 15) is 4.39 Å². The van der Waals surface area contributed by atoms with Crippen molar-refractivity contribution in [2.45, 2.75) is 6.92 Å². The third kappa shape index (κ3) is 2.52. The lowest BCUT2D eigenvalue weighted by Crippen LogP contribution is -2.31. The van der Waals surface area contributed by atoms with Gasteiger partial charge in [-0.05, 0) is 41.1 Å². The molecule has 3 nitrogen and oxygen atoms in total. The molecule has 0 fully saturated rings. The van der Waals surface area contributed by atoms with Crippen LogP contribution in [0.4, 0.5) is 4.39 Å². The average molecular weight is 260 g/mol. The van der Waals surface area contributed by atoms with Gasteiger partial charge in [0.25, 0.3) is 0 Å². The SMILES string of the molecule is CCN=C(NN)c1ccc(F)cc1Br. The lowest BCUT2D eigenvalue weighted by Gasteiger charge is -2.07. The van der Waals surface area contributed by atoms with Gasteiger partial charge in [-0.25, -0.2) is 10.2 Å². The van der Waals surface area contributed by atoms with E-state index in [1.165, 1.54) is 12.1 Å². The van der Waals surface area contributed by atoms with Gasteiger partial charge in [-0.15, -0.1) is 0 Å². The molecule has 14 heavy (non-hydrogen) atoms. The van der Waals surface area contributed by atoms with Gasteiger partial charge in [0.05, 0.1) is 0 Å². The van der Waals surface area contributed by atoms with Gasteiger partial charge in [-0.2, -0.15) is 0 Å². The molecule has 1 rings (SSSR count). The monoisotopic (exact) mass is 259 g/mol. The Morgan fingerprint density at radius 2 is 2.36 bits per heavy atom. The van der Waals surface area contributed by atoms with Crippen LogP contribution in [0.5, 0.6) is 0 Å². The van der Waals surface area contributed by atoms with E-state index >= 15 is 0 Å². The second-order valence-corrected chi connectivity index (χ2v) is 3.45. The second kappa shape index (κ2) is 5.07. The largest absolute Gasteiger partial charge is 0.308 e. The number of rotatable bonds is 2. The van der Waals surface area contributed by atoms with Crippen LogP contribution >= 0.6 is 15.9 Å². The van der Waals surface area contributed by atoms with Crippen molar-refractivity contribution in [3.63, 3.8) is 0 Å². The maximum absolute atomic E-state index is 12.8. The zero-order valence-electron chi connectivity index (χ0n) is 7.72. The predicted octanol–water partition coefficient (Wildman–Crippen LogP) is 1.82. The highest BCUT2D eigenvalue weighted by atomic mass is 79.9. The topological polar surface area (TPSA) is 50.4 Å². The van der Waals surface area contributed by atoms with Crippen molar-refractivity contribution in [3.05, 3.63) is 34.1 Å². The molecule has 0 aliphatic carbocycles. The molecule has 0 radical (unpaired) electrons. The molecule has 0 aliphatic heterocycles. The first kappa shape index (κ1) is 11.1. The van der Waals surface area contributed by atoms with Crippen LogP contribution in [-0.2, 0) is 0 Å². The number of nitrogens with zero attached hydrogens (tertiary/aromatic N) is 1. The number of hydrazine groups is 1. The summed E-state index contributed by atoms with van der Waals surface area (Å²) in [6.45, 7) is 2.51. The van der Waals surface area contributed by atoms with Gasteiger partial charge in [0.1, 0.15) is 11.7 Å². The minimum atomic E-state index is -0.298. The molecule has 0 spiro atoms. The van der Waals surface area contributed by atoms with E-state index in [-0.39, 0.29) is 5.82 Å². The fourth-order valence-electron chi connectivity index (χ4n) is 1.05. The number of benzene rings is 1. The number of aliphatic imine (C=N–C) groups is 1. The molecule has 76 valence electrons. The molecule has 0 heterocycles. The molecular formula is C9H11BrFN3. The predicted molar refractivity (Wildman–Crippen MR) is 58.5 cm³/mol. The van der Waals surface area contributed by atoms with Crippen LogP contribution in [0.1, 0.15) is 12.5 Å². The van der Waals surface area contributed by atoms with Crippen LogP contribution in [-0.4, -0.2) is 12.4 Å². The van der Waals surface area contributed by atoms with Crippen LogP contribution in [0.3, 0.4) is 0 Å². The Morgan fingerprint density at radius 1 is 1.64 bits per heavy atom. The summed E-state index contributed by atoms with van der Waals surface area (Å²) in [5.41, 5.74) is 3.22. The van der Waals surface area contributed by atoms with Crippen LogP contribution in [0, 0.1) is 5.82 Å². The Bertz CT molecular complexity index is 352. The van der Waals surface area contributed by atoms with Gasteiger partial charge < -0.3 is 5.43 Å².